The molecule has 0 saturated heterocycles. The van der Waals surface area contributed by atoms with Crippen LogP contribution in [0.5, 0.6) is 0 Å². The van der Waals surface area contributed by atoms with Crippen LogP contribution < -0.4 is 10.2 Å². The first kappa shape index (κ1) is 12.8. The molecule has 86 valence electrons. The average Bonchev–Trinajstić information content (AvgIpc) is 2.19. The van der Waals surface area contributed by atoms with Crippen molar-refractivity contribution < 1.29 is 22.9 Å². The van der Waals surface area contributed by atoms with Gasteiger partial charge in [0.15, 0.2) is 21.2 Å². The maximum atomic E-state index is 10.9. The normalized spacial score (nSPS) is 10.0. The Morgan fingerprint density at radius 2 is 1.75 bits per heavy atom. The van der Waals surface area contributed by atoms with Gasteiger partial charge >= 0.3 is 0 Å². The number of aliphatic carboxylic acids is 2. The minimum absolute atomic E-state index is 0.273. The highest BCUT2D eigenvalue weighted by Gasteiger charge is 2.09. The molecule has 5 nitrogen and oxygen atoms in total. The van der Waals surface area contributed by atoms with Crippen LogP contribution in [0.25, 0.3) is 0 Å². The molecular weight excluding hydrogens is 327 g/mol. The molecule has 0 radical (unpaired) electrons. The van der Waals surface area contributed by atoms with Crippen LogP contribution >= 0.6 is 21.2 Å². The summed E-state index contributed by atoms with van der Waals surface area (Å²) in [5.41, 5.74) is 0.590. The highest BCUT2D eigenvalue weighted by Crippen LogP contribution is 2.21. The zero-order valence-electron chi connectivity index (χ0n) is 8.07. The molecule has 16 heavy (non-hydrogen) atoms. The smallest absolute Gasteiger partial charge is 0.182 e. The Morgan fingerprint density at radius 3 is 2.25 bits per heavy atom. The summed E-state index contributed by atoms with van der Waals surface area (Å²) in [5, 5.41) is 21.0. The maximum absolute atomic E-state index is 10.9. The largest absolute Gasteiger partial charge is 0.550 e. The number of rotatable bonds is 5. The fourth-order valence-electron chi connectivity index (χ4n) is 1.34. The van der Waals surface area contributed by atoms with E-state index in [1.54, 1.807) is 6.07 Å². The fourth-order valence-corrected chi connectivity index (χ4v) is 2.50. The topological polar surface area (TPSA) is 97.3 Å². The van der Waals surface area contributed by atoms with E-state index in [4.69, 9.17) is 0 Å². The van der Waals surface area contributed by atoms with Crippen molar-refractivity contribution in [1.29, 1.82) is 0 Å². The average molecular weight is 334 g/mol. The van der Waals surface area contributed by atoms with Crippen LogP contribution in [0.2, 0.25) is 0 Å². The summed E-state index contributed by atoms with van der Waals surface area (Å²) >= 11 is -1.54. The zero-order chi connectivity index (χ0) is 12.1. The number of carboxylic acids is 2. The van der Waals surface area contributed by atoms with Gasteiger partial charge in [0.05, 0.1) is 3.57 Å². The van der Waals surface area contributed by atoms with Crippen molar-refractivity contribution in [2.24, 2.45) is 0 Å². The molecule has 1 aromatic carbocycles. The van der Waals surface area contributed by atoms with Gasteiger partial charge in [0.1, 0.15) is 0 Å². The molecular formula is C10H7IO5-2. The van der Waals surface area contributed by atoms with Crippen molar-refractivity contribution in [2.75, 3.05) is 0 Å². The van der Waals surface area contributed by atoms with Crippen LogP contribution in [0.4, 0.5) is 0 Å². The van der Waals surface area contributed by atoms with Crippen molar-refractivity contribution >= 4 is 33.1 Å². The SMILES string of the molecule is O=Ic1cccc(CC(=O)[O-])c1CC(=O)[O-]. The second-order valence-electron chi connectivity index (χ2n) is 3.05. The number of carboxylic acid groups (broad SMARTS) is 2. The number of carbonyl (C=O) groups is 2. The molecule has 0 saturated carbocycles. The lowest BCUT2D eigenvalue weighted by atomic mass is 10.0. The quantitative estimate of drug-likeness (QED) is 0.627. The molecule has 0 atom stereocenters. The number of halogens is 1. The van der Waals surface area contributed by atoms with Gasteiger partial charge in [-0.2, -0.15) is 0 Å². The number of hydrogen-bond acceptors (Lipinski definition) is 5. The summed E-state index contributed by atoms with van der Waals surface area (Å²) in [5.74, 6) is -2.63. The Labute approximate surface area is 102 Å². The van der Waals surface area contributed by atoms with Crippen molar-refractivity contribution in [3.05, 3.63) is 32.9 Å². The molecule has 0 aliphatic rings. The third-order valence-corrected chi connectivity index (χ3v) is 3.44. The first-order chi connectivity index (χ1) is 7.54. The summed E-state index contributed by atoms with van der Waals surface area (Å²) in [6.45, 7) is 0. The van der Waals surface area contributed by atoms with Gasteiger partial charge < -0.3 is 19.8 Å². The monoisotopic (exact) mass is 334 g/mol. The molecule has 1 rings (SSSR count). The molecule has 0 aromatic heterocycles. The number of hydrogen-bond donors (Lipinski definition) is 0. The van der Waals surface area contributed by atoms with Gasteiger partial charge in [0.25, 0.3) is 0 Å². The lowest BCUT2D eigenvalue weighted by Gasteiger charge is -2.12. The van der Waals surface area contributed by atoms with E-state index in [2.05, 4.69) is 0 Å². The molecule has 0 aliphatic carbocycles. The Morgan fingerprint density at radius 1 is 1.12 bits per heavy atom. The summed E-state index contributed by atoms with van der Waals surface area (Å²) in [6, 6.07) is 4.55. The van der Waals surface area contributed by atoms with Crippen LogP contribution in [-0.2, 0) is 25.5 Å². The van der Waals surface area contributed by atoms with Gasteiger partial charge in [0, 0.05) is 24.8 Å². The summed E-state index contributed by atoms with van der Waals surface area (Å²) < 4.78 is 11.3. The van der Waals surface area contributed by atoms with E-state index in [-0.39, 0.29) is 12.0 Å². The van der Waals surface area contributed by atoms with Crippen LogP contribution in [0.1, 0.15) is 11.1 Å². The van der Waals surface area contributed by atoms with Gasteiger partial charge in [-0.15, -0.1) is 0 Å². The van der Waals surface area contributed by atoms with E-state index in [0.29, 0.717) is 9.13 Å². The molecule has 0 N–H and O–H groups in total. The Balaban J connectivity index is 3.19. The van der Waals surface area contributed by atoms with Gasteiger partial charge in [0.2, 0.25) is 0 Å². The molecule has 0 bridgehead atoms. The lowest BCUT2D eigenvalue weighted by Crippen LogP contribution is -2.28. The standard InChI is InChI=1S/C10H9IO5/c12-9(13)4-6-2-1-3-8(11-16)7(6)5-10(14)15/h1-3H,4-5H2,(H,12,13)(H,14,15)/p-2. The van der Waals surface area contributed by atoms with E-state index in [1.165, 1.54) is 12.1 Å². The van der Waals surface area contributed by atoms with E-state index in [9.17, 15) is 22.9 Å². The molecule has 0 fully saturated rings. The minimum atomic E-state index is -1.54. The van der Waals surface area contributed by atoms with E-state index in [1.807, 2.05) is 0 Å². The van der Waals surface area contributed by atoms with Gasteiger partial charge in [-0.1, -0.05) is 12.1 Å². The Kier molecular flexibility index (Phi) is 4.53. The highest BCUT2D eigenvalue weighted by atomic mass is 127. The summed E-state index contributed by atoms with van der Waals surface area (Å²) in [7, 11) is 0. The molecule has 0 unspecified atom stereocenters. The fraction of sp³-hybridized carbons (Fsp3) is 0.200. The molecule has 0 heterocycles. The van der Waals surface area contributed by atoms with Gasteiger partial charge in [-0.05, 0) is 17.2 Å². The third-order valence-electron chi connectivity index (χ3n) is 1.95. The molecule has 6 heteroatoms. The highest BCUT2D eigenvalue weighted by molar-refractivity contribution is 14.1. The number of carbonyl (C=O) groups excluding carboxylic acids is 2. The van der Waals surface area contributed by atoms with Gasteiger partial charge in [-0.25, -0.2) is 0 Å². The van der Waals surface area contributed by atoms with Crippen LogP contribution in [0.15, 0.2) is 18.2 Å². The van der Waals surface area contributed by atoms with Gasteiger partial charge in [-0.3, -0.25) is 3.07 Å². The summed E-state index contributed by atoms with van der Waals surface area (Å²) in [4.78, 5) is 21.0. The van der Waals surface area contributed by atoms with E-state index in [0.717, 1.165) is 0 Å². The molecule has 1 aromatic rings. The minimum Gasteiger partial charge on any atom is -0.550 e. The molecule has 0 amide bonds. The first-order valence-electron chi connectivity index (χ1n) is 4.32. The first-order valence-corrected chi connectivity index (χ1v) is 6.28. The summed E-state index contributed by atoms with van der Waals surface area (Å²) in [6.07, 6.45) is -0.819. The lowest BCUT2D eigenvalue weighted by molar-refractivity contribution is -0.306. The van der Waals surface area contributed by atoms with E-state index >= 15 is 0 Å². The van der Waals surface area contributed by atoms with Crippen molar-refractivity contribution in [1.82, 2.24) is 0 Å². The predicted octanol–water partition coefficient (Wildman–Crippen LogP) is -1.24. The van der Waals surface area contributed by atoms with E-state index < -0.39 is 39.6 Å². The second kappa shape index (κ2) is 5.69. The van der Waals surface area contributed by atoms with Crippen LogP contribution in [0, 0.1) is 3.57 Å². The van der Waals surface area contributed by atoms with Crippen LogP contribution in [-0.4, -0.2) is 11.9 Å². The Bertz CT molecular complexity index is 441. The van der Waals surface area contributed by atoms with Crippen molar-refractivity contribution in [3.8, 4) is 0 Å². The van der Waals surface area contributed by atoms with Crippen molar-refractivity contribution in [3.63, 3.8) is 0 Å². The van der Waals surface area contributed by atoms with Crippen molar-refractivity contribution in [2.45, 2.75) is 12.8 Å². The maximum Gasteiger partial charge on any atom is 0.182 e. The molecule has 0 spiro atoms. The Hall–Kier alpha value is -1.31. The predicted molar refractivity (Wildman–Crippen MR) is 57.3 cm³/mol. The second-order valence-corrected chi connectivity index (χ2v) is 4.65. The zero-order valence-corrected chi connectivity index (χ0v) is 10.2. The van der Waals surface area contributed by atoms with Crippen LogP contribution in [0.3, 0.4) is 0 Å². The third kappa shape index (κ3) is 3.37. The molecule has 0 aliphatic heterocycles. The number of benzene rings is 1.